The van der Waals surface area contributed by atoms with Crippen molar-refractivity contribution in [2.75, 3.05) is 178 Å². The molecule has 17 nitrogen and oxygen atoms in total. The molecule has 0 unspecified atom stereocenters. The van der Waals surface area contributed by atoms with E-state index in [0.717, 1.165) is 13.0 Å². The van der Waals surface area contributed by atoms with Crippen LogP contribution in [0.3, 0.4) is 0 Å². The zero-order valence-corrected chi connectivity index (χ0v) is 42.6. The van der Waals surface area contributed by atoms with Crippen LogP contribution in [0.1, 0.15) is 110 Å². The normalized spacial score (nSPS) is 11.8. The fourth-order valence-corrected chi connectivity index (χ4v) is 5.96. The van der Waals surface area contributed by atoms with Gasteiger partial charge in [-0.3, -0.25) is 4.18 Å². The summed E-state index contributed by atoms with van der Waals surface area (Å²) in [5.41, 5.74) is 0. The monoisotopic (exact) mass is 945 g/mol. The van der Waals surface area contributed by atoms with Crippen LogP contribution in [0.4, 0.5) is 0 Å². The Bertz CT molecular complexity index is 929. The molecule has 0 radical (unpaired) electrons. The second-order valence-corrected chi connectivity index (χ2v) is 15.5. The maximum atomic E-state index is 10.3. The van der Waals surface area contributed by atoms with Crippen LogP contribution in [0.2, 0.25) is 0 Å². The number of rotatable bonds is 57. The Labute approximate surface area is 404 Å². The predicted octanol–water partition coefficient (Wildman–Crippen LogP) is 2.94. The summed E-state index contributed by atoms with van der Waals surface area (Å²) in [4.78, 5) is 0. The molecule has 0 atom stereocenters. The van der Waals surface area contributed by atoms with Crippen molar-refractivity contribution in [2.45, 2.75) is 110 Å². The van der Waals surface area contributed by atoms with Gasteiger partial charge in [0.2, 0.25) is 10.4 Å². The summed E-state index contributed by atoms with van der Waals surface area (Å²) in [5.74, 6) is 0. The molecule has 0 fully saturated rings. The first-order valence-electron chi connectivity index (χ1n) is 23.7. The summed E-state index contributed by atoms with van der Waals surface area (Å²) in [6, 6.07) is 0. The fourth-order valence-electron chi connectivity index (χ4n) is 5.69. The fraction of sp³-hybridized carbons (Fsp3) is 1.00. The van der Waals surface area contributed by atoms with Crippen LogP contribution in [0, 0.1) is 0 Å². The predicted molar refractivity (Wildman–Crippen MR) is 236 cm³/mol. The van der Waals surface area contributed by atoms with Crippen molar-refractivity contribution in [3.05, 3.63) is 0 Å². The van der Waals surface area contributed by atoms with Crippen LogP contribution < -0.4 is 29.6 Å². The van der Waals surface area contributed by atoms with E-state index in [-0.39, 0.29) is 49.4 Å². The van der Waals surface area contributed by atoms with E-state index in [9.17, 15) is 13.0 Å². The van der Waals surface area contributed by atoms with E-state index in [1.807, 2.05) is 0 Å². The molecule has 0 aromatic heterocycles. The molecule has 0 heterocycles. The van der Waals surface area contributed by atoms with E-state index < -0.39 is 10.4 Å². The Kier molecular flexibility index (Phi) is 60.7. The van der Waals surface area contributed by atoms with Crippen LogP contribution in [0.5, 0.6) is 0 Å². The van der Waals surface area contributed by atoms with Crippen molar-refractivity contribution in [2.24, 2.45) is 0 Å². The maximum absolute atomic E-state index is 10.3. The van der Waals surface area contributed by atoms with Gasteiger partial charge in [0.05, 0.1) is 172 Å². The third-order valence-corrected chi connectivity index (χ3v) is 9.52. The topological polar surface area (TPSA) is 186 Å². The van der Waals surface area contributed by atoms with Crippen molar-refractivity contribution in [1.82, 2.24) is 0 Å². The molecule has 374 valence electrons. The summed E-state index contributed by atoms with van der Waals surface area (Å²) in [5, 5.41) is 0. The zero-order chi connectivity index (χ0) is 44.8. The van der Waals surface area contributed by atoms with Gasteiger partial charge >= 0.3 is 29.6 Å². The SMILES string of the molecule is CCCCCCCCCCCCCCCCCCOCCOCCOCCOCCOCCOCCOCCOCCOCCOCCOCCOCCOCCOS(=O)(=O)[O-].[Na+]. The van der Waals surface area contributed by atoms with Gasteiger partial charge in [0, 0.05) is 6.61 Å². The van der Waals surface area contributed by atoms with Gasteiger partial charge in [0.25, 0.3) is 0 Å². The van der Waals surface area contributed by atoms with Crippen molar-refractivity contribution in [3.63, 3.8) is 0 Å². The molecule has 0 saturated carbocycles. The van der Waals surface area contributed by atoms with Crippen molar-refractivity contribution >= 4 is 10.4 Å². The van der Waals surface area contributed by atoms with Gasteiger partial charge in [-0.25, -0.2) is 8.42 Å². The first kappa shape index (κ1) is 65.4. The molecule has 0 spiro atoms. The van der Waals surface area contributed by atoms with E-state index in [0.29, 0.717) is 152 Å². The van der Waals surface area contributed by atoms with E-state index >= 15 is 0 Å². The third kappa shape index (κ3) is 64.5. The van der Waals surface area contributed by atoms with Crippen LogP contribution in [0.25, 0.3) is 0 Å². The molecule has 0 saturated heterocycles. The minimum absolute atomic E-state index is 0. The molecule has 0 aliphatic carbocycles. The molecule has 0 rings (SSSR count). The molecular weight excluding hydrogens is 856 g/mol. The van der Waals surface area contributed by atoms with Crippen LogP contribution >= 0.6 is 0 Å². The minimum atomic E-state index is -4.68. The quantitative estimate of drug-likeness (QED) is 0.0375. The summed E-state index contributed by atoms with van der Waals surface area (Å²) in [6.07, 6.45) is 22.1. The molecule has 0 amide bonds. The average molecular weight is 945 g/mol. The molecule has 0 bridgehead atoms. The van der Waals surface area contributed by atoms with E-state index in [2.05, 4.69) is 11.1 Å². The minimum Gasteiger partial charge on any atom is -0.726 e. The summed E-state index contributed by atoms with van der Waals surface area (Å²) < 4.78 is 106. The molecule has 0 N–H and O–H groups in total. The molecule has 0 aromatic rings. The van der Waals surface area contributed by atoms with Gasteiger partial charge in [-0.1, -0.05) is 103 Å². The van der Waals surface area contributed by atoms with Gasteiger partial charge in [0.1, 0.15) is 0 Å². The smallest absolute Gasteiger partial charge is 0.726 e. The molecule has 63 heavy (non-hydrogen) atoms. The molecule has 0 aliphatic rings. The summed E-state index contributed by atoms with van der Waals surface area (Å²) in [6.45, 7) is 14.2. The van der Waals surface area contributed by atoms with Gasteiger partial charge in [-0.2, -0.15) is 0 Å². The number of hydrogen-bond acceptors (Lipinski definition) is 17. The number of hydrogen-bond donors (Lipinski definition) is 0. The maximum Gasteiger partial charge on any atom is 1.00 e. The second-order valence-electron chi connectivity index (χ2n) is 14.5. The molecule has 19 heteroatoms. The van der Waals surface area contributed by atoms with Gasteiger partial charge < -0.3 is 66.1 Å². The Morgan fingerprint density at radius 2 is 0.413 bits per heavy atom. The van der Waals surface area contributed by atoms with Crippen LogP contribution in [-0.2, 0) is 76.2 Å². The van der Waals surface area contributed by atoms with E-state index in [4.69, 9.17) is 61.6 Å². The van der Waals surface area contributed by atoms with Gasteiger partial charge in [0.15, 0.2) is 0 Å². The molecule has 0 aliphatic heterocycles. The largest absolute Gasteiger partial charge is 1.00 e. The third-order valence-electron chi connectivity index (χ3n) is 9.06. The zero-order valence-electron chi connectivity index (χ0n) is 39.8. The van der Waals surface area contributed by atoms with Gasteiger partial charge in [-0.15, -0.1) is 0 Å². The van der Waals surface area contributed by atoms with Crippen LogP contribution in [-0.4, -0.2) is 191 Å². The van der Waals surface area contributed by atoms with E-state index in [1.54, 1.807) is 0 Å². The number of ether oxygens (including phenoxy) is 13. The first-order valence-corrected chi connectivity index (χ1v) is 25.0. The van der Waals surface area contributed by atoms with Gasteiger partial charge in [-0.05, 0) is 6.42 Å². The Hall–Kier alpha value is 0.350. The molecular formula is C44H89NaO17S. The number of unbranched alkanes of at least 4 members (excludes halogenated alkanes) is 15. The standard InChI is InChI=1S/C44H90O17S.Na/c1-2-3-4-5-6-7-8-9-10-11-12-13-14-15-16-17-18-48-19-20-49-21-22-50-23-24-51-25-26-52-27-28-53-29-30-54-31-32-55-33-34-56-35-36-57-37-38-58-39-40-59-41-42-60-43-44-61-62(45,46)47;/h2-44H2,1H3,(H,45,46,47);/q;+1/p-1. The Morgan fingerprint density at radius 1 is 0.254 bits per heavy atom. The van der Waals surface area contributed by atoms with Crippen molar-refractivity contribution in [1.29, 1.82) is 0 Å². The summed E-state index contributed by atoms with van der Waals surface area (Å²) >= 11 is 0. The van der Waals surface area contributed by atoms with E-state index in [1.165, 1.54) is 96.3 Å². The van der Waals surface area contributed by atoms with Crippen LogP contribution in [0.15, 0.2) is 0 Å². The Balaban J connectivity index is 0. The van der Waals surface area contributed by atoms with Crippen molar-refractivity contribution < 1.29 is 108 Å². The summed E-state index contributed by atoms with van der Waals surface area (Å²) in [7, 11) is -4.68. The van der Waals surface area contributed by atoms with Crippen molar-refractivity contribution in [3.8, 4) is 0 Å². The average Bonchev–Trinajstić information content (AvgIpc) is 3.26. The Morgan fingerprint density at radius 3 is 0.603 bits per heavy atom. The first-order chi connectivity index (χ1) is 30.6. The molecule has 0 aromatic carbocycles. The second kappa shape index (κ2) is 58.5.